The average Bonchev–Trinajstić information content (AvgIpc) is 2.65. The highest BCUT2D eigenvalue weighted by Crippen LogP contribution is 2.21. The standard InChI is InChI=1S/C16H20N2O3/c1-10-6-7-12-13(8-10)18(17-15(12)11(2)19)9-14(20)21-16(3,4)5/h6-8H,9H2,1-5H3. The van der Waals surface area contributed by atoms with Gasteiger partial charge in [0.15, 0.2) is 5.78 Å². The molecule has 2 aromatic rings. The molecule has 1 aromatic heterocycles. The van der Waals surface area contributed by atoms with Crippen LogP contribution in [0.3, 0.4) is 0 Å². The molecule has 1 aromatic carbocycles. The first kappa shape index (κ1) is 15.2. The third-order valence-electron chi connectivity index (χ3n) is 2.94. The Labute approximate surface area is 123 Å². The SMILES string of the molecule is CC(=O)c1nn(CC(=O)OC(C)(C)C)c2cc(C)ccc12. The second kappa shape index (κ2) is 5.31. The van der Waals surface area contributed by atoms with Gasteiger partial charge in [-0.25, -0.2) is 0 Å². The Balaban J connectivity index is 2.42. The van der Waals surface area contributed by atoms with Crippen molar-refractivity contribution in [3.8, 4) is 0 Å². The molecule has 0 bridgehead atoms. The van der Waals surface area contributed by atoms with Crippen molar-refractivity contribution in [2.75, 3.05) is 0 Å². The molecule has 0 amide bonds. The number of aryl methyl sites for hydroxylation is 1. The second-order valence-corrected chi connectivity index (χ2v) is 6.17. The molecule has 0 aliphatic heterocycles. The minimum absolute atomic E-state index is 0.00942. The first-order valence-corrected chi connectivity index (χ1v) is 6.87. The summed E-state index contributed by atoms with van der Waals surface area (Å²) >= 11 is 0. The molecule has 0 aliphatic rings. The van der Waals surface area contributed by atoms with Gasteiger partial charge in [0.1, 0.15) is 17.8 Å². The lowest BCUT2D eigenvalue weighted by atomic mass is 10.1. The van der Waals surface area contributed by atoms with Crippen molar-refractivity contribution in [2.24, 2.45) is 0 Å². The van der Waals surface area contributed by atoms with E-state index in [1.165, 1.54) is 11.6 Å². The number of rotatable bonds is 3. The fraction of sp³-hybridized carbons (Fsp3) is 0.438. The molecular weight excluding hydrogens is 268 g/mol. The molecule has 0 unspecified atom stereocenters. The topological polar surface area (TPSA) is 61.2 Å². The summed E-state index contributed by atoms with van der Waals surface area (Å²) in [6, 6.07) is 5.70. The van der Waals surface area contributed by atoms with Gasteiger partial charge in [0.25, 0.3) is 0 Å². The van der Waals surface area contributed by atoms with E-state index in [9.17, 15) is 9.59 Å². The van der Waals surface area contributed by atoms with E-state index in [-0.39, 0.29) is 18.3 Å². The van der Waals surface area contributed by atoms with Crippen molar-refractivity contribution in [3.05, 3.63) is 29.5 Å². The minimum Gasteiger partial charge on any atom is -0.459 e. The van der Waals surface area contributed by atoms with E-state index in [0.29, 0.717) is 5.69 Å². The summed E-state index contributed by atoms with van der Waals surface area (Å²) in [7, 11) is 0. The second-order valence-electron chi connectivity index (χ2n) is 6.17. The Morgan fingerprint density at radius 2 is 1.95 bits per heavy atom. The molecule has 0 fully saturated rings. The van der Waals surface area contributed by atoms with Crippen LogP contribution >= 0.6 is 0 Å². The van der Waals surface area contributed by atoms with Crippen LogP contribution in [0.1, 0.15) is 43.7 Å². The van der Waals surface area contributed by atoms with Crippen molar-refractivity contribution >= 4 is 22.7 Å². The van der Waals surface area contributed by atoms with Crippen LogP contribution in [0.25, 0.3) is 10.9 Å². The summed E-state index contributed by atoms with van der Waals surface area (Å²) in [6.07, 6.45) is 0. The van der Waals surface area contributed by atoms with Gasteiger partial charge >= 0.3 is 5.97 Å². The Bertz CT molecular complexity index is 708. The van der Waals surface area contributed by atoms with E-state index >= 15 is 0 Å². The van der Waals surface area contributed by atoms with Crippen molar-refractivity contribution in [3.63, 3.8) is 0 Å². The Hall–Kier alpha value is -2.17. The van der Waals surface area contributed by atoms with Gasteiger partial charge in [0.05, 0.1) is 5.52 Å². The maximum Gasteiger partial charge on any atom is 0.328 e. The monoisotopic (exact) mass is 288 g/mol. The smallest absolute Gasteiger partial charge is 0.328 e. The van der Waals surface area contributed by atoms with Gasteiger partial charge in [-0.1, -0.05) is 12.1 Å². The molecule has 0 radical (unpaired) electrons. The predicted molar refractivity (Wildman–Crippen MR) is 80.3 cm³/mol. The normalized spacial score (nSPS) is 11.7. The molecule has 0 atom stereocenters. The van der Waals surface area contributed by atoms with Crippen molar-refractivity contribution in [1.82, 2.24) is 9.78 Å². The molecule has 0 N–H and O–H groups in total. The highest BCUT2D eigenvalue weighted by molar-refractivity contribution is 6.05. The zero-order valence-corrected chi connectivity index (χ0v) is 13.1. The third-order valence-corrected chi connectivity index (χ3v) is 2.94. The number of ketones is 1. The number of ether oxygens (including phenoxy) is 1. The number of fused-ring (bicyclic) bond motifs is 1. The maximum absolute atomic E-state index is 12.0. The fourth-order valence-corrected chi connectivity index (χ4v) is 2.16. The maximum atomic E-state index is 12.0. The molecular formula is C16H20N2O3. The van der Waals surface area contributed by atoms with Crippen LogP contribution in [0.2, 0.25) is 0 Å². The number of aromatic nitrogens is 2. The molecule has 0 spiro atoms. The van der Waals surface area contributed by atoms with Gasteiger partial charge in [-0.3, -0.25) is 14.3 Å². The van der Waals surface area contributed by atoms with Crippen molar-refractivity contribution in [1.29, 1.82) is 0 Å². The van der Waals surface area contributed by atoms with Gasteiger partial charge in [0.2, 0.25) is 0 Å². The first-order valence-electron chi connectivity index (χ1n) is 6.87. The van der Waals surface area contributed by atoms with Gasteiger partial charge in [0, 0.05) is 12.3 Å². The van der Waals surface area contributed by atoms with E-state index in [4.69, 9.17) is 4.74 Å². The van der Waals surface area contributed by atoms with E-state index in [1.54, 1.807) is 0 Å². The molecule has 5 nitrogen and oxygen atoms in total. The summed E-state index contributed by atoms with van der Waals surface area (Å²) < 4.78 is 6.84. The van der Waals surface area contributed by atoms with Crippen LogP contribution in [-0.2, 0) is 16.1 Å². The lowest BCUT2D eigenvalue weighted by molar-refractivity contribution is -0.155. The molecule has 1 heterocycles. The van der Waals surface area contributed by atoms with Crippen LogP contribution in [0, 0.1) is 6.92 Å². The Morgan fingerprint density at radius 1 is 1.29 bits per heavy atom. The van der Waals surface area contributed by atoms with E-state index in [1.807, 2.05) is 45.9 Å². The zero-order chi connectivity index (χ0) is 15.8. The summed E-state index contributed by atoms with van der Waals surface area (Å²) in [5.74, 6) is -0.490. The summed E-state index contributed by atoms with van der Waals surface area (Å²) in [5.41, 5.74) is 1.65. The van der Waals surface area contributed by atoms with Gasteiger partial charge in [-0.15, -0.1) is 0 Å². The van der Waals surface area contributed by atoms with Crippen molar-refractivity contribution < 1.29 is 14.3 Å². The number of carbonyl (C=O) groups excluding carboxylic acids is 2. The lowest BCUT2D eigenvalue weighted by Crippen LogP contribution is -2.26. The number of hydrogen-bond acceptors (Lipinski definition) is 4. The average molecular weight is 288 g/mol. The summed E-state index contributed by atoms with van der Waals surface area (Å²) in [4.78, 5) is 23.6. The quantitative estimate of drug-likeness (QED) is 0.643. The molecule has 2 rings (SSSR count). The van der Waals surface area contributed by atoms with E-state index in [0.717, 1.165) is 16.5 Å². The Kier molecular flexibility index (Phi) is 3.85. The summed E-state index contributed by atoms with van der Waals surface area (Å²) in [6.45, 7) is 8.87. The Morgan fingerprint density at radius 3 is 2.52 bits per heavy atom. The molecule has 112 valence electrons. The largest absolute Gasteiger partial charge is 0.459 e. The molecule has 5 heteroatoms. The zero-order valence-electron chi connectivity index (χ0n) is 13.1. The van der Waals surface area contributed by atoms with Crippen LogP contribution < -0.4 is 0 Å². The number of esters is 1. The third kappa shape index (κ3) is 3.48. The highest BCUT2D eigenvalue weighted by Gasteiger charge is 2.20. The van der Waals surface area contributed by atoms with Gasteiger partial charge in [-0.05, 0) is 39.3 Å². The number of hydrogen-bond donors (Lipinski definition) is 0. The first-order chi connectivity index (χ1) is 9.67. The summed E-state index contributed by atoms with van der Waals surface area (Å²) in [5, 5.41) is 5.03. The van der Waals surface area contributed by atoms with Crippen LogP contribution in [0.15, 0.2) is 18.2 Å². The van der Waals surface area contributed by atoms with E-state index < -0.39 is 5.60 Å². The number of Topliss-reactive ketones (excluding diaryl/α,β-unsaturated/α-hetero) is 1. The van der Waals surface area contributed by atoms with E-state index in [2.05, 4.69) is 5.10 Å². The van der Waals surface area contributed by atoms with Gasteiger partial charge < -0.3 is 4.74 Å². The minimum atomic E-state index is -0.542. The predicted octanol–water partition coefficient (Wildman–Crippen LogP) is 2.89. The fourth-order valence-electron chi connectivity index (χ4n) is 2.16. The molecule has 0 saturated heterocycles. The van der Waals surface area contributed by atoms with Crippen LogP contribution in [-0.4, -0.2) is 27.1 Å². The number of nitrogens with zero attached hydrogens (tertiary/aromatic N) is 2. The number of benzene rings is 1. The van der Waals surface area contributed by atoms with Crippen molar-refractivity contribution in [2.45, 2.75) is 46.8 Å². The lowest BCUT2D eigenvalue weighted by Gasteiger charge is -2.19. The highest BCUT2D eigenvalue weighted by atomic mass is 16.6. The molecule has 0 saturated carbocycles. The molecule has 0 aliphatic carbocycles. The van der Waals surface area contributed by atoms with Gasteiger partial charge in [-0.2, -0.15) is 5.10 Å². The van der Waals surface area contributed by atoms with Crippen LogP contribution in [0.4, 0.5) is 0 Å². The number of carbonyl (C=O) groups is 2. The van der Waals surface area contributed by atoms with Crippen LogP contribution in [0.5, 0.6) is 0 Å². The molecule has 21 heavy (non-hydrogen) atoms.